The van der Waals surface area contributed by atoms with E-state index in [1.165, 1.54) is 0 Å². The molecule has 0 spiro atoms. The molecule has 6 heteroatoms. The third-order valence-corrected chi connectivity index (χ3v) is 4.82. The molecule has 21 heavy (non-hydrogen) atoms. The fourth-order valence-corrected chi connectivity index (χ4v) is 3.67. The molecule has 2 heterocycles. The van der Waals surface area contributed by atoms with Gasteiger partial charge in [-0.3, -0.25) is 4.79 Å². The van der Waals surface area contributed by atoms with Crippen LogP contribution in [0.2, 0.25) is 0 Å². The van der Waals surface area contributed by atoms with Crippen molar-refractivity contribution >= 4 is 43.4 Å². The van der Waals surface area contributed by atoms with E-state index < -0.39 is 0 Å². The summed E-state index contributed by atoms with van der Waals surface area (Å²) in [5.74, 6) is -0.138. The second kappa shape index (κ2) is 6.01. The molecule has 4 N–H and O–H groups in total. The number of carbonyl (C=O) groups excluding carboxylic acids is 1. The fourth-order valence-electron chi connectivity index (χ4n) is 2.13. The van der Waals surface area contributed by atoms with E-state index in [0.717, 1.165) is 19.6 Å². The van der Waals surface area contributed by atoms with Crippen molar-refractivity contribution in [3.63, 3.8) is 0 Å². The Hall–Kier alpha value is -1.63. The summed E-state index contributed by atoms with van der Waals surface area (Å²) < 4.78 is 2.10. The van der Waals surface area contributed by atoms with Gasteiger partial charge in [-0.25, -0.2) is 0 Å². The summed E-state index contributed by atoms with van der Waals surface area (Å²) >= 11 is 5.01. The molecule has 0 bridgehead atoms. The zero-order valence-electron chi connectivity index (χ0n) is 11.1. The molecule has 0 aliphatic rings. The zero-order valence-corrected chi connectivity index (χ0v) is 13.5. The Bertz CT molecular complexity index is 734. The van der Waals surface area contributed by atoms with E-state index in [2.05, 4.69) is 26.2 Å². The minimum absolute atomic E-state index is 0.138. The maximum absolute atomic E-state index is 12.1. The second-order valence-corrected chi connectivity index (χ2v) is 7.20. The predicted molar refractivity (Wildman–Crippen MR) is 89.6 cm³/mol. The Balaban J connectivity index is 1.64. The number of thiophene rings is 1. The van der Waals surface area contributed by atoms with Crippen LogP contribution in [0.4, 0.5) is 0 Å². The van der Waals surface area contributed by atoms with Crippen molar-refractivity contribution in [3.8, 4) is 0 Å². The number of nitrogens with one attached hydrogen (secondary N) is 2. The SMILES string of the molecule is NC(CNC(=O)c1cc2sc(Br)cc2[nH]1)c1ccccc1. The molecule has 0 aliphatic heterocycles. The van der Waals surface area contributed by atoms with Crippen molar-refractivity contribution in [2.45, 2.75) is 6.04 Å². The molecule has 1 unspecified atom stereocenters. The molecular formula is C15H14BrN3OS. The van der Waals surface area contributed by atoms with Gasteiger partial charge in [0.25, 0.3) is 5.91 Å². The van der Waals surface area contributed by atoms with Gasteiger partial charge in [-0.15, -0.1) is 11.3 Å². The first kappa shape index (κ1) is 14.3. The number of aromatic amines is 1. The van der Waals surface area contributed by atoms with Crippen LogP contribution in [0.1, 0.15) is 22.1 Å². The number of rotatable bonds is 4. The van der Waals surface area contributed by atoms with E-state index in [9.17, 15) is 4.79 Å². The Kier molecular flexibility index (Phi) is 4.10. The summed E-state index contributed by atoms with van der Waals surface area (Å²) in [7, 11) is 0. The maximum Gasteiger partial charge on any atom is 0.267 e. The summed E-state index contributed by atoms with van der Waals surface area (Å²) in [6.45, 7) is 0.402. The molecule has 3 aromatic rings. The molecule has 4 nitrogen and oxygen atoms in total. The van der Waals surface area contributed by atoms with Gasteiger partial charge >= 0.3 is 0 Å². The number of hydrogen-bond donors (Lipinski definition) is 3. The van der Waals surface area contributed by atoms with E-state index in [0.29, 0.717) is 12.2 Å². The molecule has 1 amide bonds. The largest absolute Gasteiger partial charge is 0.350 e. The van der Waals surface area contributed by atoms with Crippen molar-refractivity contribution in [1.82, 2.24) is 10.3 Å². The first-order valence-corrected chi connectivity index (χ1v) is 8.11. The van der Waals surface area contributed by atoms with Gasteiger partial charge in [0, 0.05) is 12.6 Å². The summed E-state index contributed by atoms with van der Waals surface area (Å²) in [5.41, 5.74) is 8.60. The summed E-state index contributed by atoms with van der Waals surface area (Å²) in [4.78, 5) is 15.2. The Morgan fingerprint density at radius 2 is 2.10 bits per heavy atom. The molecule has 108 valence electrons. The van der Waals surface area contributed by atoms with Gasteiger partial charge in [0.05, 0.1) is 14.0 Å². The number of aromatic nitrogens is 1. The molecule has 2 aromatic heterocycles. The Morgan fingerprint density at radius 3 is 2.81 bits per heavy atom. The van der Waals surface area contributed by atoms with Gasteiger partial charge in [0.15, 0.2) is 0 Å². The zero-order chi connectivity index (χ0) is 14.8. The quantitative estimate of drug-likeness (QED) is 0.664. The van der Waals surface area contributed by atoms with Crippen molar-refractivity contribution in [3.05, 3.63) is 57.5 Å². The molecule has 0 saturated carbocycles. The lowest BCUT2D eigenvalue weighted by atomic mass is 10.1. The maximum atomic E-state index is 12.1. The van der Waals surface area contributed by atoms with Crippen molar-refractivity contribution < 1.29 is 4.79 Å². The average molecular weight is 364 g/mol. The average Bonchev–Trinajstić information content (AvgIpc) is 3.02. The van der Waals surface area contributed by atoms with Crippen LogP contribution in [0.3, 0.4) is 0 Å². The van der Waals surface area contributed by atoms with Crippen LogP contribution in [0.5, 0.6) is 0 Å². The van der Waals surface area contributed by atoms with E-state index >= 15 is 0 Å². The second-order valence-electron chi connectivity index (χ2n) is 4.74. The van der Waals surface area contributed by atoms with Crippen LogP contribution in [-0.4, -0.2) is 17.4 Å². The normalized spacial score (nSPS) is 12.5. The number of benzene rings is 1. The molecule has 1 aromatic carbocycles. The standard InChI is InChI=1S/C15H14BrN3OS/c16-14-7-11-13(21-14)6-12(19-11)15(20)18-8-10(17)9-4-2-1-3-5-9/h1-7,10,19H,8,17H2,(H,18,20). The van der Waals surface area contributed by atoms with Gasteiger partial charge in [-0.05, 0) is 33.6 Å². The van der Waals surface area contributed by atoms with Gasteiger partial charge in [-0.2, -0.15) is 0 Å². The van der Waals surface area contributed by atoms with Gasteiger partial charge in [-0.1, -0.05) is 30.3 Å². The number of H-pyrrole nitrogens is 1. The topological polar surface area (TPSA) is 70.9 Å². The summed E-state index contributed by atoms with van der Waals surface area (Å²) in [5, 5.41) is 2.86. The third-order valence-electron chi connectivity index (χ3n) is 3.23. The Morgan fingerprint density at radius 1 is 1.33 bits per heavy atom. The molecule has 3 rings (SSSR count). The summed E-state index contributed by atoms with van der Waals surface area (Å²) in [6.07, 6.45) is 0. The number of fused-ring (bicyclic) bond motifs is 1. The highest BCUT2D eigenvalue weighted by molar-refractivity contribution is 9.11. The number of amides is 1. The Labute approximate surface area is 134 Å². The first-order chi connectivity index (χ1) is 10.1. The predicted octanol–water partition coefficient (Wildman–Crippen LogP) is 3.42. The van der Waals surface area contributed by atoms with Crippen molar-refractivity contribution in [1.29, 1.82) is 0 Å². The first-order valence-electron chi connectivity index (χ1n) is 6.50. The number of nitrogens with two attached hydrogens (primary N) is 1. The van der Waals surface area contributed by atoms with Crippen LogP contribution < -0.4 is 11.1 Å². The van der Waals surface area contributed by atoms with Crippen LogP contribution in [0, 0.1) is 0 Å². The van der Waals surface area contributed by atoms with Gasteiger partial charge < -0.3 is 16.0 Å². The number of halogens is 1. The van der Waals surface area contributed by atoms with Gasteiger partial charge in [0.2, 0.25) is 0 Å². The number of hydrogen-bond acceptors (Lipinski definition) is 3. The molecule has 1 atom stereocenters. The minimum Gasteiger partial charge on any atom is -0.350 e. The van der Waals surface area contributed by atoms with Crippen LogP contribution in [0.25, 0.3) is 10.2 Å². The third kappa shape index (κ3) is 3.18. The highest BCUT2D eigenvalue weighted by Gasteiger charge is 2.13. The lowest BCUT2D eigenvalue weighted by Gasteiger charge is -2.12. The smallest absolute Gasteiger partial charge is 0.267 e. The highest BCUT2D eigenvalue weighted by Crippen LogP contribution is 2.29. The molecule has 0 aliphatic carbocycles. The van der Waals surface area contributed by atoms with E-state index in [-0.39, 0.29) is 11.9 Å². The highest BCUT2D eigenvalue weighted by atomic mass is 79.9. The molecule has 0 radical (unpaired) electrons. The van der Waals surface area contributed by atoms with E-state index in [4.69, 9.17) is 5.73 Å². The lowest BCUT2D eigenvalue weighted by molar-refractivity contribution is 0.0947. The monoisotopic (exact) mass is 363 g/mol. The fraction of sp³-hybridized carbons (Fsp3) is 0.133. The van der Waals surface area contributed by atoms with E-state index in [1.807, 2.05) is 42.5 Å². The summed E-state index contributed by atoms with van der Waals surface area (Å²) in [6, 6.07) is 13.3. The van der Waals surface area contributed by atoms with Gasteiger partial charge in [0.1, 0.15) is 5.69 Å². The van der Waals surface area contributed by atoms with Crippen LogP contribution >= 0.6 is 27.3 Å². The number of carbonyl (C=O) groups is 1. The molecule has 0 saturated heterocycles. The van der Waals surface area contributed by atoms with Crippen LogP contribution in [0.15, 0.2) is 46.3 Å². The van der Waals surface area contributed by atoms with Crippen LogP contribution in [-0.2, 0) is 0 Å². The van der Waals surface area contributed by atoms with Crippen molar-refractivity contribution in [2.75, 3.05) is 6.54 Å². The van der Waals surface area contributed by atoms with E-state index in [1.54, 1.807) is 11.3 Å². The van der Waals surface area contributed by atoms with Crippen molar-refractivity contribution in [2.24, 2.45) is 5.73 Å². The molecular weight excluding hydrogens is 350 g/mol. The lowest BCUT2D eigenvalue weighted by Crippen LogP contribution is -2.32. The minimum atomic E-state index is -0.208. The molecule has 0 fully saturated rings.